The van der Waals surface area contributed by atoms with Crippen LogP contribution in [0.2, 0.25) is 0 Å². The van der Waals surface area contributed by atoms with E-state index in [9.17, 15) is 9.59 Å². The minimum Gasteiger partial charge on any atom is -0.478 e. The molecule has 1 rings (SSSR count). The number of amides is 1. The topological polar surface area (TPSA) is 92.4 Å². The van der Waals surface area contributed by atoms with Crippen LogP contribution < -0.4 is 11.1 Å². The fourth-order valence-electron chi connectivity index (χ4n) is 1.29. The fraction of sp³-hybridized carbons (Fsp3) is 0.167. The molecule has 0 atom stereocenters. The van der Waals surface area contributed by atoms with E-state index in [-0.39, 0.29) is 11.5 Å². The standard InChI is InChI=1S/C12H14N2O3/c1-8(15)14-6-2-3-9-4-5-10(13)7-11(9)12(16)17/h2-5,7H,6,13H2,1H3,(H,14,15)(H,16,17). The first kappa shape index (κ1) is 12.8. The molecule has 0 saturated carbocycles. The Labute approximate surface area is 98.9 Å². The molecule has 0 bridgehead atoms. The Morgan fingerprint density at radius 1 is 1.47 bits per heavy atom. The average Bonchev–Trinajstić information content (AvgIpc) is 2.25. The van der Waals surface area contributed by atoms with Crippen molar-refractivity contribution < 1.29 is 14.7 Å². The predicted molar refractivity (Wildman–Crippen MR) is 65.5 cm³/mol. The summed E-state index contributed by atoms with van der Waals surface area (Å²) in [6, 6.07) is 4.66. The van der Waals surface area contributed by atoms with Crippen molar-refractivity contribution in [2.24, 2.45) is 0 Å². The molecular formula is C12H14N2O3. The molecule has 0 spiro atoms. The lowest BCUT2D eigenvalue weighted by atomic mass is 10.1. The summed E-state index contributed by atoms with van der Waals surface area (Å²) in [6.07, 6.45) is 3.32. The van der Waals surface area contributed by atoms with Crippen molar-refractivity contribution in [3.8, 4) is 0 Å². The van der Waals surface area contributed by atoms with E-state index in [4.69, 9.17) is 10.8 Å². The van der Waals surface area contributed by atoms with Crippen LogP contribution in [-0.4, -0.2) is 23.5 Å². The van der Waals surface area contributed by atoms with Crippen LogP contribution in [-0.2, 0) is 4.79 Å². The third-order valence-electron chi connectivity index (χ3n) is 2.07. The van der Waals surface area contributed by atoms with Gasteiger partial charge in [0.2, 0.25) is 5.91 Å². The van der Waals surface area contributed by atoms with Gasteiger partial charge in [-0.05, 0) is 17.7 Å². The van der Waals surface area contributed by atoms with E-state index in [2.05, 4.69) is 5.32 Å². The Morgan fingerprint density at radius 3 is 2.76 bits per heavy atom. The van der Waals surface area contributed by atoms with E-state index in [1.54, 1.807) is 24.3 Å². The lowest BCUT2D eigenvalue weighted by Crippen LogP contribution is -2.19. The lowest BCUT2D eigenvalue weighted by Gasteiger charge is -2.02. The Hall–Kier alpha value is -2.30. The Bertz CT molecular complexity index is 467. The number of nitrogen functional groups attached to an aromatic ring is 1. The quantitative estimate of drug-likeness (QED) is 0.680. The maximum Gasteiger partial charge on any atom is 0.336 e. The summed E-state index contributed by atoms with van der Waals surface area (Å²) >= 11 is 0. The van der Waals surface area contributed by atoms with Gasteiger partial charge in [0.25, 0.3) is 0 Å². The number of carboxylic acids is 1. The van der Waals surface area contributed by atoms with Crippen LogP contribution in [0.4, 0.5) is 5.69 Å². The van der Waals surface area contributed by atoms with Gasteiger partial charge < -0.3 is 16.2 Å². The summed E-state index contributed by atoms with van der Waals surface area (Å²) in [5, 5.41) is 11.6. The molecule has 1 aromatic carbocycles. The second-order valence-electron chi connectivity index (χ2n) is 3.49. The zero-order chi connectivity index (χ0) is 12.8. The van der Waals surface area contributed by atoms with Gasteiger partial charge in [-0.15, -0.1) is 0 Å². The van der Waals surface area contributed by atoms with Gasteiger partial charge in [0.15, 0.2) is 0 Å². The van der Waals surface area contributed by atoms with Crippen molar-refractivity contribution in [2.45, 2.75) is 6.92 Å². The van der Waals surface area contributed by atoms with Crippen LogP contribution in [0.25, 0.3) is 6.08 Å². The van der Waals surface area contributed by atoms with Gasteiger partial charge in [0, 0.05) is 19.2 Å². The third-order valence-corrected chi connectivity index (χ3v) is 2.07. The number of carbonyl (C=O) groups excluding carboxylic acids is 1. The molecule has 0 heterocycles. The van der Waals surface area contributed by atoms with Crippen LogP contribution in [0.5, 0.6) is 0 Å². The Kier molecular flexibility index (Phi) is 4.28. The summed E-state index contributed by atoms with van der Waals surface area (Å²) in [5.74, 6) is -1.16. The average molecular weight is 234 g/mol. The number of carbonyl (C=O) groups is 2. The van der Waals surface area contributed by atoms with Gasteiger partial charge in [0.05, 0.1) is 5.56 Å². The van der Waals surface area contributed by atoms with Gasteiger partial charge in [-0.1, -0.05) is 18.2 Å². The molecular weight excluding hydrogens is 220 g/mol. The second kappa shape index (κ2) is 5.69. The molecule has 5 nitrogen and oxygen atoms in total. The highest BCUT2D eigenvalue weighted by atomic mass is 16.4. The first-order valence-corrected chi connectivity index (χ1v) is 5.04. The molecule has 90 valence electrons. The molecule has 0 aliphatic carbocycles. The minimum absolute atomic E-state index is 0.134. The van der Waals surface area contributed by atoms with Crippen molar-refractivity contribution in [2.75, 3.05) is 12.3 Å². The van der Waals surface area contributed by atoms with Crippen molar-refractivity contribution in [3.05, 3.63) is 35.4 Å². The molecule has 0 unspecified atom stereocenters. The second-order valence-corrected chi connectivity index (χ2v) is 3.49. The van der Waals surface area contributed by atoms with Crippen LogP contribution in [0.1, 0.15) is 22.8 Å². The number of hydrogen-bond acceptors (Lipinski definition) is 3. The number of hydrogen-bond donors (Lipinski definition) is 3. The number of carboxylic acid groups (broad SMARTS) is 1. The summed E-state index contributed by atoms with van der Waals surface area (Å²) in [4.78, 5) is 21.6. The van der Waals surface area contributed by atoms with Gasteiger partial charge in [-0.25, -0.2) is 4.79 Å². The molecule has 0 aromatic heterocycles. The lowest BCUT2D eigenvalue weighted by molar-refractivity contribution is -0.118. The number of rotatable bonds is 4. The van der Waals surface area contributed by atoms with E-state index in [1.807, 2.05) is 0 Å². The monoisotopic (exact) mass is 234 g/mol. The number of nitrogens with two attached hydrogens (primary N) is 1. The summed E-state index contributed by atoms with van der Waals surface area (Å²) in [6.45, 7) is 1.78. The zero-order valence-electron chi connectivity index (χ0n) is 9.43. The van der Waals surface area contributed by atoms with Crippen molar-refractivity contribution in [1.29, 1.82) is 0 Å². The highest BCUT2D eigenvalue weighted by Crippen LogP contribution is 2.15. The molecule has 0 saturated heterocycles. The van der Waals surface area contributed by atoms with E-state index < -0.39 is 5.97 Å². The fourth-order valence-corrected chi connectivity index (χ4v) is 1.29. The van der Waals surface area contributed by atoms with Crippen molar-refractivity contribution in [1.82, 2.24) is 5.32 Å². The highest BCUT2D eigenvalue weighted by molar-refractivity contribution is 5.93. The van der Waals surface area contributed by atoms with Crippen molar-refractivity contribution in [3.63, 3.8) is 0 Å². The van der Waals surface area contributed by atoms with Gasteiger partial charge in [-0.2, -0.15) is 0 Å². The number of nitrogens with one attached hydrogen (secondary N) is 1. The third kappa shape index (κ3) is 3.98. The van der Waals surface area contributed by atoms with Crippen molar-refractivity contribution >= 4 is 23.6 Å². The predicted octanol–water partition coefficient (Wildman–Crippen LogP) is 1.12. The zero-order valence-corrected chi connectivity index (χ0v) is 9.43. The number of anilines is 1. The normalized spacial score (nSPS) is 10.4. The summed E-state index contributed by atoms with van der Waals surface area (Å²) in [5.41, 5.74) is 6.61. The Balaban J connectivity index is 2.83. The van der Waals surface area contributed by atoms with Crippen LogP contribution in [0.3, 0.4) is 0 Å². The molecule has 0 aliphatic heterocycles. The molecule has 0 radical (unpaired) electrons. The maximum atomic E-state index is 11.0. The molecule has 0 aliphatic rings. The molecule has 1 amide bonds. The SMILES string of the molecule is CC(=O)NCC=Cc1ccc(N)cc1C(=O)O. The molecule has 1 aromatic rings. The van der Waals surface area contributed by atoms with E-state index in [0.717, 1.165) is 0 Å². The highest BCUT2D eigenvalue weighted by Gasteiger charge is 2.07. The largest absolute Gasteiger partial charge is 0.478 e. The Morgan fingerprint density at radius 2 is 2.18 bits per heavy atom. The van der Waals surface area contributed by atoms with Crippen LogP contribution in [0, 0.1) is 0 Å². The molecule has 0 fully saturated rings. The van der Waals surface area contributed by atoms with Crippen LogP contribution in [0.15, 0.2) is 24.3 Å². The van der Waals surface area contributed by atoms with Gasteiger partial charge >= 0.3 is 5.97 Å². The number of benzene rings is 1. The summed E-state index contributed by atoms with van der Waals surface area (Å²) < 4.78 is 0. The van der Waals surface area contributed by atoms with Gasteiger partial charge in [-0.3, -0.25) is 4.79 Å². The van der Waals surface area contributed by atoms with E-state index in [1.165, 1.54) is 13.0 Å². The molecule has 17 heavy (non-hydrogen) atoms. The van der Waals surface area contributed by atoms with E-state index >= 15 is 0 Å². The number of aromatic carboxylic acids is 1. The summed E-state index contributed by atoms with van der Waals surface area (Å²) in [7, 11) is 0. The smallest absolute Gasteiger partial charge is 0.336 e. The first-order valence-electron chi connectivity index (χ1n) is 5.04. The molecule has 5 heteroatoms. The van der Waals surface area contributed by atoms with Crippen LogP contribution >= 0.6 is 0 Å². The maximum absolute atomic E-state index is 11.0. The van der Waals surface area contributed by atoms with Gasteiger partial charge in [0.1, 0.15) is 0 Å². The molecule has 4 N–H and O–H groups in total. The minimum atomic E-state index is -1.03. The van der Waals surface area contributed by atoms with E-state index in [0.29, 0.717) is 17.8 Å². The first-order chi connectivity index (χ1) is 8.00.